The molecular weight excluding hydrogens is 316 g/mol. The van der Waals surface area contributed by atoms with Crippen LogP contribution >= 0.6 is 0 Å². The highest BCUT2D eigenvalue weighted by molar-refractivity contribution is 5.90. The zero-order valence-corrected chi connectivity index (χ0v) is 14.8. The summed E-state index contributed by atoms with van der Waals surface area (Å²) in [6.45, 7) is 6.29. The van der Waals surface area contributed by atoms with Crippen LogP contribution in [0.2, 0.25) is 0 Å². The molecule has 2 aliphatic rings. The highest BCUT2D eigenvalue weighted by Crippen LogP contribution is 2.30. The third-order valence-corrected chi connectivity index (χ3v) is 5.02. The van der Waals surface area contributed by atoms with E-state index in [1.165, 1.54) is 12.8 Å². The molecule has 134 valence electrons. The van der Waals surface area contributed by atoms with Gasteiger partial charge in [-0.3, -0.25) is 0 Å². The summed E-state index contributed by atoms with van der Waals surface area (Å²) in [5.74, 6) is 0.985. The van der Waals surface area contributed by atoms with Gasteiger partial charge >= 0.3 is 6.01 Å². The Morgan fingerprint density at radius 2 is 2.24 bits per heavy atom. The maximum atomic E-state index is 5.88. The van der Waals surface area contributed by atoms with Crippen LogP contribution in [0.1, 0.15) is 26.2 Å². The van der Waals surface area contributed by atoms with E-state index in [1.54, 1.807) is 0 Å². The summed E-state index contributed by atoms with van der Waals surface area (Å²) in [7, 11) is 0. The molecule has 6 nitrogen and oxygen atoms in total. The number of anilines is 1. The first-order valence-corrected chi connectivity index (χ1v) is 9.33. The number of benzene rings is 1. The molecule has 1 aromatic heterocycles. The van der Waals surface area contributed by atoms with Gasteiger partial charge in [-0.2, -0.15) is 9.97 Å². The van der Waals surface area contributed by atoms with E-state index in [0.29, 0.717) is 24.8 Å². The van der Waals surface area contributed by atoms with Gasteiger partial charge in [0.1, 0.15) is 5.82 Å². The first-order valence-electron chi connectivity index (χ1n) is 9.33. The summed E-state index contributed by atoms with van der Waals surface area (Å²) in [4.78, 5) is 11.7. The molecule has 0 saturated carbocycles. The van der Waals surface area contributed by atoms with Crippen LogP contribution in [0.3, 0.4) is 0 Å². The minimum atomic E-state index is 0.367. The molecule has 0 spiro atoms. The smallest absolute Gasteiger partial charge is 0.318 e. The molecule has 2 atom stereocenters. The molecule has 0 aliphatic carbocycles. The number of piperazine rings is 1. The normalized spacial score (nSPS) is 24.0. The van der Waals surface area contributed by atoms with Crippen molar-refractivity contribution in [3.05, 3.63) is 24.3 Å². The predicted molar refractivity (Wildman–Crippen MR) is 98.3 cm³/mol. The predicted octanol–water partition coefficient (Wildman–Crippen LogP) is 2.38. The lowest BCUT2D eigenvalue weighted by molar-refractivity contribution is 0.0961. The molecule has 0 bridgehead atoms. The second-order valence-corrected chi connectivity index (χ2v) is 6.70. The molecule has 2 aromatic rings. The SMILES string of the molecule is CCOc1nc(N2CCNCC2CC2CCCO2)c2ccccc2n1. The lowest BCUT2D eigenvalue weighted by Crippen LogP contribution is -2.53. The lowest BCUT2D eigenvalue weighted by atomic mass is 10.0. The number of nitrogens with zero attached hydrogens (tertiary/aromatic N) is 3. The van der Waals surface area contributed by atoms with E-state index in [2.05, 4.69) is 21.3 Å². The second kappa shape index (κ2) is 7.54. The first kappa shape index (κ1) is 16.5. The number of fused-ring (bicyclic) bond motifs is 1. The van der Waals surface area contributed by atoms with Gasteiger partial charge in [0.05, 0.1) is 18.2 Å². The van der Waals surface area contributed by atoms with E-state index >= 15 is 0 Å². The number of rotatable bonds is 5. The summed E-state index contributed by atoms with van der Waals surface area (Å²) < 4.78 is 11.5. The van der Waals surface area contributed by atoms with Crippen LogP contribution in [0.4, 0.5) is 5.82 Å². The fourth-order valence-corrected chi connectivity index (χ4v) is 3.84. The van der Waals surface area contributed by atoms with Gasteiger partial charge in [0.25, 0.3) is 0 Å². The number of aromatic nitrogens is 2. The maximum absolute atomic E-state index is 5.88. The van der Waals surface area contributed by atoms with Gasteiger partial charge in [-0.1, -0.05) is 12.1 Å². The molecule has 3 heterocycles. The second-order valence-electron chi connectivity index (χ2n) is 6.70. The summed E-state index contributed by atoms with van der Waals surface area (Å²) >= 11 is 0. The molecule has 1 aromatic carbocycles. The summed E-state index contributed by atoms with van der Waals surface area (Å²) in [6, 6.07) is 9.03. The number of para-hydroxylation sites is 1. The van der Waals surface area contributed by atoms with Crippen LogP contribution < -0.4 is 15.0 Å². The summed E-state index contributed by atoms with van der Waals surface area (Å²) in [6.07, 6.45) is 3.75. The van der Waals surface area contributed by atoms with Crippen molar-refractivity contribution in [2.45, 2.75) is 38.3 Å². The fourth-order valence-electron chi connectivity index (χ4n) is 3.84. The van der Waals surface area contributed by atoms with Gasteiger partial charge in [0, 0.05) is 37.7 Å². The quantitative estimate of drug-likeness (QED) is 0.900. The van der Waals surface area contributed by atoms with Gasteiger partial charge < -0.3 is 19.7 Å². The molecule has 2 unspecified atom stereocenters. The topological polar surface area (TPSA) is 59.5 Å². The highest BCUT2D eigenvalue weighted by Gasteiger charge is 2.29. The largest absolute Gasteiger partial charge is 0.464 e. The van der Waals surface area contributed by atoms with Crippen molar-refractivity contribution in [3.8, 4) is 6.01 Å². The molecule has 2 aliphatic heterocycles. The van der Waals surface area contributed by atoms with E-state index in [0.717, 1.165) is 49.4 Å². The fraction of sp³-hybridized carbons (Fsp3) is 0.579. The van der Waals surface area contributed by atoms with Gasteiger partial charge in [0.2, 0.25) is 0 Å². The molecule has 6 heteroatoms. The maximum Gasteiger partial charge on any atom is 0.318 e. The number of nitrogens with one attached hydrogen (secondary N) is 1. The van der Waals surface area contributed by atoms with Crippen molar-refractivity contribution in [1.29, 1.82) is 0 Å². The van der Waals surface area contributed by atoms with E-state index in [-0.39, 0.29) is 0 Å². The minimum absolute atomic E-state index is 0.367. The molecule has 1 N–H and O–H groups in total. The Bertz CT molecular complexity index is 718. The van der Waals surface area contributed by atoms with Gasteiger partial charge in [-0.05, 0) is 38.3 Å². The summed E-state index contributed by atoms with van der Waals surface area (Å²) in [5, 5.41) is 4.61. The molecule has 0 amide bonds. The molecule has 4 rings (SSSR count). The van der Waals surface area contributed by atoms with Gasteiger partial charge in [-0.25, -0.2) is 0 Å². The number of hydrogen-bond acceptors (Lipinski definition) is 6. The van der Waals surface area contributed by atoms with E-state index < -0.39 is 0 Å². The van der Waals surface area contributed by atoms with E-state index in [1.807, 2.05) is 25.1 Å². The Hall–Kier alpha value is -1.92. The van der Waals surface area contributed by atoms with Crippen LogP contribution in [0, 0.1) is 0 Å². The zero-order chi connectivity index (χ0) is 17.1. The van der Waals surface area contributed by atoms with Crippen molar-refractivity contribution in [2.75, 3.05) is 37.7 Å². The highest BCUT2D eigenvalue weighted by atomic mass is 16.5. The minimum Gasteiger partial charge on any atom is -0.464 e. The Morgan fingerprint density at radius 1 is 1.32 bits per heavy atom. The Kier molecular flexibility index (Phi) is 4.99. The third kappa shape index (κ3) is 3.55. The van der Waals surface area contributed by atoms with E-state index in [4.69, 9.17) is 14.5 Å². The lowest BCUT2D eigenvalue weighted by Gasteiger charge is -2.38. The average Bonchev–Trinajstić information content (AvgIpc) is 3.15. The molecule has 0 radical (unpaired) electrons. The molecule has 2 fully saturated rings. The third-order valence-electron chi connectivity index (χ3n) is 5.02. The monoisotopic (exact) mass is 342 g/mol. The van der Waals surface area contributed by atoms with Crippen LogP contribution in [-0.4, -0.2) is 55.0 Å². The van der Waals surface area contributed by atoms with Crippen molar-refractivity contribution in [1.82, 2.24) is 15.3 Å². The molecule has 2 saturated heterocycles. The molecule has 25 heavy (non-hydrogen) atoms. The van der Waals surface area contributed by atoms with Crippen molar-refractivity contribution >= 4 is 16.7 Å². The van der Waals surface area contributed by atoms with Crippen molar-refractivity contribution < 1.29 is 9.47 Å². The van der Waals surface area contributed by atoms with Crippen LogP contribution in [0.25, 0.3) is 10.9 Å². The van der Waals surface area contributed by atoms with Crippen LogP contribution in [0.15, 0.2) is 24.3 Å². The van der Waals surface area contributed by atoms with E-state index in [9.17, 15) is 0 Å². The van der Waals surface area contributed by atoms with Gasteiger partial charge in [-0.15, -0.1) is 0 Å². The Balaban J connectivity index is 1.69. The Labute approximate surface area is 148 Å². The summed E-state index contributed by atoms with van der Waals surface area (Å²) in [5.41, 5.74) is 0.936. The van der Waals surface area contributed by atoms with Crippen molar-refractivity contribution in [3.63, 3.8) is 0 Å². The average molecular weight is 342 g/mol. The molecular formula is C19H26N4O2. The standard InChI is InChI=1S/C19H26N4O2/c1-2-24-19-21-17-8-4-3-7-16(17)18(22-19)23-10-9-20-13-14(23)12-15-6-5-11-25-15/h3-4,7-8,14-15,20H,2,5-6,9-13H2,1H3. The zero-order valence-electron chi connectivity index (χ0n) is 14.8. The number of hydrogen-bond donors (Lipinski definition) is 1. The van der Waals surface area contributed by atoms with Gasteiger partial charge in [0.15, 0.2) is 0 Å². The Morgan fingerprint density at radius 3 is 3.08 bits per heavy atom. The van der Waals surface area contributed by atoms with Crippen LogP contribution in [0.5, 0.6) is 6.01 Å². The number of ether oxygens (including phenoxy) is 2. The van der Waals surface area contributed by atoms with Crippen molar-refractivity contribution in [2.24, 2.45) is 0 Å². The van der Waals surface area contributed by atoms with Crippen LogP contribution in [-0.2, 0) is 4.74 Å². The first-order chi connectivity index (χ1) is 12.3.